The van der Waals surface area contributed by atoms with Crippen LogP contribution in [0.1, 0.15) is 5.76 Å². The van der Waals surface area contributed by atoms with Gasteiger partial charge in [-0.1, -0.05) is 11.8 Å². The van der Waals surface area contributed by atoms with Gasteiger partial charge in [0.2, 0.25) is 5.13 Å². The quantitative estimate of drug-likeness (QED) is 0.579. The summed E-state index contributed by atoms with van der Waals surface area (Å²) in [6, 6.07) is 3.67. The number of aliphatic imine (C=N–C) groups is 2. The Morgan fingerprint density at radius 1 is 1.40 bits per heavy atom. The average Bonchev–Trinajstić information content (AvgIpc) is 3.03. The van der Waals surface area contributed by atoms with Gasteiger partial charge in [0.15, 0.2) is 16.9 Å². The molecule has 9 heteroatoms. The number of nitrogens with two attached hydrogens (primary N) is 3. The molecule has 0 radical (unpaired) electrons. The van der Waals surface area contributed by atoms with Gasteiger partial charge in [-0.2, -0.15) is 4.99 Å². The molecule has 2 heterocycles. The van der Waals surface area contributed by atoms with Crippen LogP contribution in [0, 0.1) is 0 Å². The van der Waals surface area contributed by atoms with Gasteiger partial charge >= 0.3 is 0 Å². The summed E-state index contributed by atoms with van der Waals surface area (Å²) in [7, 11) is 0. The van der Waals surface area contributed by atoms with Gasteiger partial charge in [-0.3, -0.25) is 4.99 Å². The topological polar surface area (TPSA) is 129 Å². The largest absolute Gasteiger partial charge is 0.457 e. The third-order valence-electron chi connectivity index (χ3n) is 2.23. The third-order valence-corrected chi connectivity index (χ3v) is 3.51. The van der Waals surface area contributed by atoms with Crippen LogP contribution in [0.4, 0.5) is 5.13 Å². The van der Waals surface area contributed by atoms with Crippen molar-refractivity contribution < 1.29 is 4.42 Å². The van der Waals surface area contributed by atoms with Crippen molar-refractivity contribution in [3.05, 3.63) is 23.3 Å². The second-order valence-electron chi connectivity index (χ2n) is 3.68. The van der Waals surface area contributed by atoms with E-state index < -0.39 is 0 Å². The highest BCUT2D eigenvalue weighted by Crippen LogP contribution is 2.28. The van der Waals surface area contributed by atoms with Gasteiger partial charge in [-0.15, -0.1) is 11.3 Å². The zero-order chi connectivity index (χ0) is 14.5. The Morgan fingerprint density at radius 3 is 2.90 bits per heavy atom. The van der Waals surface area contributed by atoms with Crippen molar-refractivity contribution in [2.24, 2.45) is 27.2 Å². The van der Waals surface area contributed by atoms with E-state index in [9.17, 15) is 0 Å². The number of guanidine groups is 1. The molecule has 2 aromatic heterocycles. The minimum atomic E-state index is -0.0205. The molecule has 0 saturated heterocycles. The van der Waals surface area contributed by atoms with Crippen molar-refractivity contribution in [3.8, 4) is 11.5 Å². The van der Waals surface area contributed by atoms with E-state index in [0.29, 0.717) is 34.1 Å². The molecule has 7 nitrogen and oxygen atoms in total. The number of nitrogens with zero attached hydrogens (tertiary/aromatic N) is 3. The standard InChI is InChI=1S/C11H14N6OS2/c1-19-10(14)15-4-6-2-3-8(18-6)7-5-20-11(16-7)17-9(12)13/h2-3,5H,4H2,1H3,(H2,14,15)(H4,12,13,16,17). The van der Waals surface area contributed by atoms with Crippen LogP contribution in [-0.2, 0) is 6.54 Å². The van der Waals surface area contributed by atoms with Crippen LogP contribution in [0.5, 0.6) is 0 Å². The van der Waals surface area contributed by atoms with E-state index in [1.54, 1.807) is 0 Å². The minimum absolute atomic E-state index is 0.0205. The van der Waals surface area contributed by atoms with Gasteiger partial charge < -0.3 is 21.6 Å². The molecule has 0 unspecified atom stereocenters. The highest BCUT2D eigenvalue weighted by Gasteiger charge is 2.09. The van der Waals surface area contributed by atoms with E-state index in [1.807, 2.05) is 23.8 Å². The Morgan fingerprint density at radius 2 is 2.20 bits per heavy atom. The maximum Gasteiger partial charge on any atom is 0.212 e. The summed E-state index contributed by atoms with van der Waals surface area (Å²) < 4.78 is 5.64. The molecule has 0 aliphatic carbocycles. The smallest absolute Gasteiger partial charge is 0.212 e. The van der Waals surface area contributed by atoms with Gasteiger partial charge in [0.05, 0.1) is 6.54 Å². The molecule has 2 aromatic rings. The number of thioether (sulfide) groups is 1. The van der Waals surface area contributed by atoms with Gasteiger partial charge in [-0.05, 0) is 18.4 Å². The number of amidine groups is 1. The lowest BCUT2D eigenvalue weighted by molar-refractivity contribution is 0.524. The zero-order valence-electron chi connectivity index (χ0n) is 10.7. The molecule has 6 N–H and O–H groups in total. The van der Waals surface area contributed by atoms with Crippen LogP contribution in [0.2, 0.25) is 0 Å². The SMILES string of the molecule is CSC(N)=NCc1ccc(-c2csc(N=C(N)N)n2)o1. The first kappa shape index (κ1) is 14.4. The molecule has 0 saturated carbocycles. The summed E-state index contributed by atoms with van der Waals surface area (Å²) in [6.45, 7) is 0.400. The number of rotatable bonds is 4. The molecule has 106 valence electrons. The van der Waals surface area contributed by atoms with E-state index in [0.717, 1.165) is 0 Å². The van der Waals surface area contributed by atoms with E-state index in [2.05, 4.69) is 15.0 Å². The first-order valence-electron chi connectivity index (χ1n) is 5.56. The molecule has 0 aromatic carbocycles. The lowest BCUT2D eigenvalue weighted by atomic mass is 10.3. The zero-order valence-corrected chi connectivity index (χ0v) is 12.4. The fourth-order valence-electron chi connectivity index (χ4n) is 1.36. The van der Waals surface area contributed by atoms with Gasteiger partial charge in [0.1, 0.15) is 11.5 Å². The van der Waals surface area contributed by atoms with Gasteiger partial charge in [0.25, 0.3) is 0 Å². The predicted octanol–water partition coefficient (Wildman–Crippen LogP) is 1.49. The van der Waals surface area contributed by atoms with Crippen LogP contribution in [0.25, 0.3) is 11.5 Å². The number of aromatic nitrogens is 1. The number of hydrogen-bond donors (Lipinski definition) is 3. The van der Waals surface area contributed by atoms with Crippen molar-refractivity contribution in [3.63, 3.8) is 0 Å². The van der Waals surface area contributed by atoms with E-state index >= 15 is 0 Å². The van der Waals surface area contributed by atoms with Crippen molar-refractivity contribution in [1.82, 2.24) is 4.98 Å². The van der Waals surface area contributed by atoms with Crippen LogP contribution < -0.4 is 17.2 Å². The molecular weight excluding hydrogens is 296 g/mol. The molecule has 0 spiro atoms. The number of thiazole rings is 1. The highest BCUT2D eigenvalue weighted by molar-refractivity contribution is 8.13. The Labute approximate surface area is 124 Å². The van der Waals surface area contributed by atoms with Crippen molar-refractivity contribution in [2.75, 3.05) is 6.26 Å². The lowest BCUT2D eigenvalue weighted by Crippen LogP contribution is -2.21. The number of hydrogen-bond acceptors (Lipinski definition) is 6. The Hall–Kier alpha value is -2.00. The third kappa shape index (κ3) is 3.75. The summed E-state index contributed by atoms with van der Waals surface area (Å²) in [5.41, 5.74) is 16.9. The van der Waals surface area contributed by atoms with E-state index in [4.69, 9.17) is 21.6 Å². The summed E-state index contributed by atoms with van der Waals surface area (Å²) in [5, 5.41) is 2.83. The normalized spacial score (nSPS) is 11.6. The second kappa shape index (κ2) is 6.44. The predicted molar refractivity (Wildman–Crippen MR) is 84.1 cm³/mol. The second-order valence-corrected chi connectivity index (χ2v) is 5.34. The molecular formula is C11H14N6OS2. The summed E-state index contributed by atoms with van der Waals surface area (Å²) >= 11 is 2.73. The van der Waals surface area contributed by atoms with Crippen molar-refractivity contribution in [1.29, 1.82) is 0 Å². The minimum Gasteiger partial charge on any atom is -0.457 e. The Bertz CT molecular complexity index is 641. The van der Waals surface area contributed by atoms with Gasteiger partial charge in [0, 0.05) is 5.38 Å². The van der Waals surface area contributed by atoms with Crippen LogP contribution in [0.3, 0.4) is 0 Å². The molecule has 0 fully saturated rings. The number of furan rings is 1. The molecule has 0 amide bonds. The monoisotopic (exact) mass is 310 g/mol. The fourth-order valence-corrected chi connectivity index (χ4v) is 2.25. The Kier molecular flexibility index (Phi) is 4.64. The molecule has 20 heavy (non-hydrogen) atoms. The molecule has 0 aliphatic rings. The molecule has 0 atom stereocenters. The molecule has 2 rings (SSSR count). The first-order valence-corrected chi connectivity index (χ1v) is 7.67. The van der Waals surface area contributed by atoms with Gasteiger partial charge in [-0.25, -0.2) is 4.98 Å². The summed E-state index contributed by atoms with van der Waals surface area (Å²) in [4.78, 5) is 12.3. The fraction of sp³-hybridized carbons (Fsp3) is 0.182. The Balaban J connectivity index is 2.12. The van der Waals surface area contributed by atoms with Crippen LogP contribution in [0.15, 0.2) is 31.9 Å². The summed E-state index contributed by atoms with van der Waals surface area (Å²) in [6.07, 6.45) is 1.87. The van der Waals surface area contributed by atoms with Crippen molar-refractivity contribution >= 4 is 39.4 Å². The average molecular weight is 310 g/mol. The lowest BCUT2D eigenvalue weighted by Gasteiger charge is -1.94. The molecule has 0 aliphatic heterocycles. The summed E-state index contributed by atoms with van der Waals surface area (Å²) in [5.74, 6) is 1.34. The van der Waals surface area contributed by atoms with Crippen molar-refractivity contribution in [2.45, 2.75) is 6.54 Å². The first-order chi connectivity index (χ1) is 9.58. The van der Waals surface area contributed by atoms with E-state index in [1.165, 1.54) is 23.1 Å². The van der Waals surface area contributed by atoms with E-state index in [-0.39, 0.29) is 5.96 Å². The molecule has 0 bridgehead atoms. The van der Waals surface area contributed by atoms with Crippen LogP contribution in [-0.4, -0.2) is 22.4 Å². The highest BCUT2D eigenvalue weighted by atomic mass is 32.2. The maximum atomic E-state index is 5.64. The van der Waals surface area contributed by atoms with Crippen LogP contribution >= 0.6 is 23.1 Å². The maximum absolute atomic E-state index is 5.64.